The number of nitro groups is 1. The lowest BCUT2D eigenvalue weighted by Crippen LogP contribution is -2.20. The second kappa shape index (κ2) is 6.36. The Morgan fingerprint density at radius 2 is 2.24 bits per heavy atom. The standard InChI is InChI=1S/C14H18N4O3/c1-10(15)5-14-16-3-4-17(14)9-11-6-12(18(19)20)8-13(7-11)21-2/h3-4,6-8,10H,5,9,15H2,1-2H3. The van der Waals surface area contributed by atoms with Crippen molar-refractivity contribution >= 4 is 5.69 Å². The van der Waals surface area contributed by atoms with Gasteiger partial charge < -0.3 is 15.0 Å². The van der Waals surface area contributed by atoms with E-state index in [-0.39, 0.29) is 11.7 Å². The lowest BCUT2D eigenvalue weighted by atomic mass is 10.1. The van der Waals surface area contributed by atoms with Gasteiger partial charge in [-0.05, 0) is 18.6 Å². The fourth-order valence-electron chi connectivity index (χ4n) is 2.12. The zero-order chi connectivity index (χ0) is 15.4. The van der Waals surface area contributed by atoms with Crippen molar-refractivity contribution < 1.29 is 9.66 Å². The summed E-state index contributed by atoms with van der Waals surface area (Å²) in [7, 11) is 1.49. The lowest BCUT2D eigenvalue weighted by molar-refractivity contribution is -0.385. The van der Waals surface area contributed by atoms with Crippen LogP contribution in [-0.2, 0) is 13.0 Å². The van der Waals surface area contributed by atoms with Crippen LogP contribution < -0.4 is 10.5 Å². The molecule has 1 heterocycles. The van der Waals surface area contributed by atoms with Crippen molar-refractivity contribution in [3.8, 4) is 5.75 Å². The predicted octanol–water partition coefficient (Wildman–Crippen LogP) is 1.74. The first-order valence-corrected chi connectivity index (χ1v) is 6.57. The average Bonchev–Trinajstić information content (AvgIpc) is 2.84. The van der Waals surface area contributed by atoms with Gasteiger partial charge in [-0.3, -0.25) is 10.1 Å². The Morgan fingerprint density at radius 1 is 1.48 bits per heavy atom. The van der Waals surface area contributed by atoms with Crippen LogP contribution in [0.5, 0.6) is 5.75 Å². The van der Waals surface area contributed by atoms with Crippen molar-refractivity contribution in [1.29, 1.82) is 0 Å². The van der Waals surface area contributed by atoms with Crippen LogP contribution in [0.4, 0.5) is 5.69 Å². The highest BCUT2D eigenvalue weighted by Gasteiger charge is 2.12. The molecular weight excluding hydrogens is 272 g/mol. The SMILES string of the molecule is COc1cc(Cn2ccnc2CC(C)N)cc([N+](=O)[O-])c1. The van der Waals surface area contributed by atoms with Gasteiger partial charge >= 0.3 is 0 Å². The molecule has 21 heavy (non-hydrogen) atoms. The van der Waals surface area contributed by atoms with Gasteiger partial charge in [-0.25, -0.2) is 4.98 Å². The lowest BCUT2D eigenvalue weighted by Gasteiger charge is -2.10. The molecule has 7 nitrogen and oxygen atoms in total. The molecule has 1 aromatic carbocycles. The Kier molecular flexibility index (Phi) is 4.54. The molecule has 2 N–H and O–H groups in total. The molecule has 1 atom stereocenters. The van der Waals surface area contributed by atoms with E-state index in [4.69, 9.17) is 10.5 Å². The van der Waals surface area contributed by atoms with Gasteiger partial charge in [0.2, 0.25) is 0 Å². The van der Waals surface area contributed by atoms with Crippen molar-refractivity contribution in [2.45, 2.75) is 25.9 Å². The third-order valence-corrected chi connectivity index (χ3v) is 3.06. The van der Waals surface area contributed by atoms with E-state index in [0.29, 0.717) is 18.7 Å². The summed E-state index contributed by atoms with van der Waals surface area (Å²) in [6.45, 7) is 2.40. The van der Waals surface area contributed by atoms with E-state index in [0.717, 1.165) is 11.4 Å². The number of imidazole rings is 1. The van der Waals surface area contributed by atoms with Crippen molar-refractivity contribution in [2.75, 3.05) is 7.11 Å². The Balaban J connectivity index is 2.29. The van der Waals surface area contributed by atoms with Crippen molar-refractivity contribution in [2.24, 2.45) is 5.73 Å². The zero-order valence-corrected chi connectivity index (χ0v) is 12.0. The van der Waals surface area contributed by atoms with E-state index in [1.807, 2.05) is 17.7 Å². The molecule has 112 valence electrons. The van der Waals surface area contributed by atoms with Crippen molar-refractivity contribution in [1.82, 2.24) is 9.55 Å². The van der Waals surface area contributed by atoms with Crippen LogP contribution >= 0.6 is 0 Å². The number of aromatic nitrogens is 2. The molecule has 0 amide bonds. The van der Waals surface area contributed by atoms with Crippen LogP contribution in [-0.4, -0.2) is 27.6 Å². The zero-order valence-electron chi connectivity index (χ0n) is 12.0. The molecule has 0 radical (unpaired) electrons. The molecule has 0 fully saturated rings. The summed E-state index contributed by atoms with van der Waals surface area (Å²) in [5.74, 6) is 1.32. The van der Waals surface area contributed by atoms with Gasteiger partial charge in [-0.1, -0.05) is 0 Å². The number of methoxy groups -OCH3 is 1. The van der Waals surface area contributed by atoms with Gasteiger partial charge in [0.15, 0.2) is 0 Å². The van der Waals surface area contributed by atoms with Crippen molar-refractivity contribution in [3.63, 3.8) is 0 Å². The predicted molar refractivity (Wildman–Crippen MR) is 78.3 cm³/mol. The number of ether oxygens (including phenoxy) is 1. The van der Waals surface area contributed by atoms with Crippen molar-refractivity contribution in [3.05, 3.63) is 52.1 Å². The minimum absolute atomic E-state index is 0.00537. The quantitative estimate of drug-likeness (QED) is 0.645. The Bertz CT molecular complexity index is 637. The van der Waals surface area contributed by atoms with Crippen LogP contribution in [0.3, 0.4) is 0 Å². The average molecular weight is 290 g/mol. The Morgan fingerprint density at radius 3 is 2.86 bits per heavy atom. The second-order valence-corrected chi connectivity index (χ2v) is 4.95. The maximum Gasteiger partial charge on any atom is 0.273 e. The fourth-order valence-corrected chi connectivity index (χ4v) is 2.12. The molecule has 2 aromatic rings. The number of nitrogens with two attached hydrogens (primary N) is 1. The number of nitrogens with zero attached hydrogens (tertiary/aromatic N) is 3. The first-order chi connectivity index (χ1) is 9.99. The molecule has 7 heteroatoms. The molecule has 0 aliphatic rings. The van der Waals surface area contributed by atoms with E-state index in [9.17, 15) is 10.1 Å². The van der Waals surface area contributed by atoms with Gasteiger partial charge in [0.25, 0.3) is 5.69 Å². The van der Waals surface area contributed by atoms with Crippen LogP contribution in [0.25, 0.3) is 0 Å². The van der Waals surface area contributed by atoms with E-state index < -0.39 is 4.92 Å². The van der Waals surface area contributed by atoms with Crippen LogP contribution in [0.1, 0.15) is 18.3 Å². The molecule has 1 aromatic heterocycles. The van der Waals surface area contributed by atoms with E-state index in [1.54, 1.807) is 12.3 Å². The van der Waals surface area contributed by atoms with Gasteiger partial charge in [0, 0.05) is 37.5 Å². The summed E-state index contributed by atoms with van der Waals surface area (Å²) < 4.78 is 7.04. The van der Waals surface area contributed by atoms with E-state index >= 15 is 0 Å². The monoisotopic (exact) mass is 290 g/mol. The molecule has 0 saturated heterocycles. The highest BCUT2D eigenvalue weighted by Crippen LogP contribution is 2.23. The third-order valence-electron chi connectivity index (χ3n) is 3.06. The largest absolute Gasteiger partial charge is 0.496 e. The molecule has 2 rings (SSSR count). The molecule has 0 spiro atoms. The maximum absolute atomic E-state index is 11.0. The van der Waals surface area contributed by atoms with Crippen LogP contribution in [0, 0.1) is 10.1 Å². The van der Waals surface area contributed by atoms with Gasteiger partial charge in [-0.2, -0.15) is 0 Å². The summed E-state index contributed by atoms with van der Waals surface area (Å²) in [4.78, 5) is 14.8. The Hall–Kier alpha value is -2.41. The minimum Gasteiger partial charge on any atom is -0.496 e. The van der Waals surface area contributed by atoms with Gasteiger partial charge in [-0.15, -0.1) is 0 Å². The van der Waals surface area contributed by atoms with Crippen LogP contribution in [0.2, 0.25) is 0 Å². The fraction of sp³-hybridized carbons (Fsp3) is 0.357. The molecule has 1 unspecified atom stereocenters. The number of nitro benzene ring substituents is 1. The Labute approximate surface area is 122 Å². The number of hydrogen-bond acceptors (Lipinski definition) is 5. The molecule has 0 bridgehead atoms. The first-order valence-electron chi connectivity index (χ1n) is 6.57. The number of benzene rings is 1. The van der Waals surface area contributed by atoms with Gasteiger partial charge in [0.05, 0.1) is 18.1 Å². The summed E-state index contributed by atoms with van der Waals surface area (Å²) in [5, 5.41) is 11.0. The number of hydrogen-bond donors (Lipinski definition) is 1. The molecular formula is C14H18N4O3. The van der Waals surface area contributed by atoms with E-state index in [2.05, 4.69) is 4.98 Å². The summed E-state index contributed by atoms with van der Waals surface area (Å²) in [6, 6.07) is 4.73. The second-order valence-electron chi connectivity index (χ2n) is 4.95. The van der Waals surface area contributed by atoms with E-state index in [1.165, 1.54) is 19.2 Å². The minimum atomic E-state index is -0.428. The molecule has 0 saturated carbocycles. The third kappa shape index (κ3) is 3.79. The normalized spacial score (nSPS) is 12.1. The number of non-ortho nitro benzene ring substituents is 1. The number of rotatable bonds is 6. The topological polar surface area (TPSA) is 96.2 Å². The summed E-state index contributed by atoms with van der Waals surface area (Å²) in [6.07, 6.45) is 4.19. The molecule has 0 aliphatic carbocycles. The first kappa shape index (κ1) is 15.0. The highest BCUT2D eigenvalue weighted by atomic mass is 16.6. The van der Waals surface area contributed by atoms with Gasteiger partial charge in [0.1, 0.15) is 11.6 Å². The van der Waals surface area contributed by atoms with Crippen LogP contribution in [0.15, 0.2) is 30.6 Å². The summed E-state index contributed by atoms with van der Waals surface area (Å²) in [5.41, 5.74) is 6.59. The molecule has 0 aliphatic heterocycles. The smallest absolute Gasteiger partial charge is 0.273 e. The maximum atomic E-state index is 11.0. The summed E-state index contributed by atoms with van der Waals surface area (Å²) >= 11 is 0. The highest BCUT2D eigenvalue weighted by molar-refractivity contribution is 5.43.